The van der Waals surface area contributed by atoms with Gasteiger partial charge in [0.25, 0.3) is 0 Å². The van der Waals surface area contributed by atoms with Gasteiger partial charge in [0.2, 0.25) is 0 Å². The van der Waals surface area contributed by atoms with Crippen LogP contribution in [0.15, 0.2) is 30.3 Å². The summed E-state index contributed by atoms with van der Waals surface area (Å²) in [7, 11) is 0. The zero-order valence-electron chi connectivity index (χ0n) is 11.8. The molecule has 0 unspecified atom stereocenters. The van der Waals surface area contributed by atoms with Gasteiger partial charge in [0.1, 0.15) is 0 Å². The Kier molecular flexibility index (Phi) is 7.97. The molecule has 0 radical (unpaired) electrons. The number of benzene rings is 1. The first kappa shape index (κ1) is 15.2. The lowest BCUT2D eigenvalue weighted by Gasteiger charge is -2.24. The van der Waals surface area contributed by atoms with Gasteiger partial charge in [-0.3, -0.25) is 0 Å². The van der Waals surface area contributed by atoms with Crippen LogP contribution in [0.2, 0.25) is 0 Å². The van der Waals surface area contributed by atoms with Crippen molar-refractivity contribution in [2.45, 2.75) is 48.0 Å². The van der Waals surface area contributed by atoms with Crippen LogP contribution in [0.1, 0.15) is 47.1 Å². The van der Waals surface area contributed by atoms with E-state index >= 15 is 0 Å². The smallest absolute Gasteiger partial charge is 0.0245 e. The van der Waals surface area contributed by atoms with Crippen molar-refractivity contribution in [1.29, 1.82) is 0 Å². The highest BCUT2D eigenvalue weighted by Crippen LogP contribution is 2.24. The fourth-order valence-electron chi connectivity index (χ4n) is 2.13. The van der Waals surface area contributed by atoms with Crippen LogP contribution in [-0.2, 0) is 6.42 Å². The van der Waals surface area contributed by atoms with E-state index in [1.54, 1.807) is 0 Å². The molecule has 0 aliphatic rings. The summed E-state index contributed by atoms with van der Waals surface area (Å²) >= 11 is 0. The normalized spacial score (nSPS) is 10.6. The standard InChI is InChI=1S/C14H22.C2H6/c1-11(2)14(12(3)4)10-13-8-6-5-7-9-13;1-2/h5-9,11-12,14H,10H2,1-4H3;1-2H3. The van der Waals surface area contributed by atoms with Crippen molar-refractivity contribution in [3.05, 3.63) is 35.9 Å². The van der Waals surface area contributed by atoms with E-state index < -0.39 is 0 Å². The van der Waals surface area contributed by atoms with Crippen molar-refractivity contribution in [2.75, 3.05) is 0 Å². The number of hydrogen-bond acceptors (Lipinski definition) is 0. The molecule has 0 heteroatoms. The van der Waals surface area contributed by atoms with Crippen LogP contribution < -0.4 is 0 Å². The molecule has 16 heavy (non-hydrogen) atoms. The Balaban J connectivity index is 0.00000106. The quantitative estimate of drug-likeness (QED) is 0.655. The summed E-state index contributed by atoms with van der Waals surface area (Å²) in [5.41, 5.74) is 1.47. The van der Waals surface area contributed by atoms with Crippen LogP contribution in [0, 0.1) is 17.8 Å². The molecule has 92 valence electrons. The maximum Gasteiger partial charge on any atom is -0.0245 e. The highest BCUT2D eigenvalue weighted by molar-refractivity contribution is 5.15. The van der Waals surface area contributed by atoms with Gasteiger partial charge in [-0.1, -0.05) is 71.9 Å². The van der Waals surface area contributed by atoms with Crippen molar-refractivity contribution < 1.29 is 0 Å². The molecule has 1 rings (SSSR count). The fraction of sp³-hybridized carbons (Fsp3) is 0.625. The zero-order valence-corrected chi connectivity index (χ0v) is 11.8. The van der Waals surface area contributed by atoms with E-state index in [1.165, 1.54) is 12.0 Å². The highest BCUT2D eigenvalue weighted by Gasteiger charge is 2.17. The van der Waals surface area contributed by atoms with Gasteiger partial charge >= 0.3 is 0 Å². The third-order valence-electron chi connectivity index (χ3n) is 3.03. The molecule has 0 fully saturated rings. The molecule has 0 spiro atoms. The molecule has 0 amide bonds. The van der Waals surface area contributed by atoms with E-state index in [0.29, 0.717) is 0 Å². The summed E-state index contributed by atoms with van der Waals surface area (Å²) in [5.74, 6) is 2.35. The second kappa shape index (κ2) is 8.38. The van der Waals surface area contributed by atoms with E-state index in [1.807, 2.05) is 13.8 Å². The summed E-state index contributed by atoms with van der Waals surface area (Å²) in [6, 6.07) is 10.8. The Labute approximate surface area is 102 Å². The lowest BCUT2D eigenvalue weighted by Crippen LogP contribution is -2.18. The van der Waals surface area contributed by atoms with Crippen LogP contribution in [0.5, 0.6) is 0 Å². The largest absolute Gasteiger partial charge is 0.0683 e. The van der Waals surface area contributed by atoms with Crippen LogP contribution in [0.25, 0.3) is 0 Å². The summed E-state index contributed by atoms with van der Waals surface area (Å²) in [4.78, 5) is 0. The molecule has 0 aliphatic carbocycles. The van der Waals surface area contributed by atoms with E-state index in [-0.39, 0.29) is 0 Å². The van der Waals surface area contributed by atoms with Gasteiger partial charge in [-0.05, 0) is 29.7 Å². The first-order valence-corrected chi connectivity index (χ1v) is 6.65. The highest BCUT2D eigenvalue weighted by atomic mass is 14.2. The van der Waals surface area contributed by atoms with Gasteiger partial charge in [-0.2, -0.15) is 0 Å². The summed E-state index contributed by atoms with van der Waals surface area (Å²) in [5, 5.41) is 0. The van der Waals surface area contributed by atoms with E-state index in [4.69, 9.17) is 0 Å². The summed E-state index contributed by atoms with van der Waals surface area (Å²) in [6.45, 7) is 13.3. The average Bonchev–Trinajstić information content (AvgIpc) is 2.29. The number of rotatable bonds is 4. The van der Waals surface area contributed by atoms with Gasteiger partial charge in [-0.15, -0.1) is 0 Å². The topological polar surface area (TPSA) is 0 Å². The summed E-state index contributed by atoms with van der Waals surface area (Å²) in [6.07, 6.45) is 1.22. The average molecular weight is 220 g/mol. The second-order valence-corrected chi connectivity index (χ2v) is 4.84. The summed E-state index contributed by atoms with van der Waals surface area (Å²) < 4.78 is 0. The van der Waals surface area contributed by atoms with Crippen LogP contribution >= 0.6 is 0 Å². The molecule has 0 saturated heterocycles. The molecule has 0 heterocycles. The molecule has 1 aromatic carbocycles. The second-order valence-electron chi connectivity index (χ2n) is 4.84. The molecule has 1 aromatic rings. The van der Waals surface area contributed by atoms with E-state index in [0.717, 1.165) is 17.8 Å². The minimum absolute atomic E-state index is 0.773. The molecule has 0 atom stereocenters. The van der Waals surface area contributed by atoms with Crippen LogP contribution in [-0.4, -0.2) is 0 Å². The lowest BCUT2D eigenvalue weighted by molar-refractivity contribution is 0.286. The molecule has 0 bridgehead atoms. The number of hydrogen-bond donors (Lipinski definition) is 0. The fourth-order valence-corrected chi connectivity index (χ4v) is 2.13. The minimum atomic E-state index is 0.773. The molecule has 0 nitrogen and oxygen atoms in total. The molecular weight excluding hydrogens is 192 g/mol. The van der Waals surface area contributed by atoms with Crippen molar-refractivity contribution >= 4 is 0 Å². The SMILES string of the molecule is CC.CC(C)C(Cc1ccccc1)C(C)C. The first-order chi connectivity index (χ1) is 7.61. The third kappa shape index (κ3) is 5.34. The Bertz CT molecular complexity index is 238. The van der Waals surface area contributed by atoms with Crippen LogP contribution in [0.3, 0.4) is 0 Å². The van der Waals surface area contributed by atoms with Crippen LogP contribution in [0.4, 0.5) is 0 Å². The molecule has 0 aromatic heterocycles. The predicted molar refractivity (Wildman–Crippen MR) is 74.7 cm³/mol. The van der Waals surface area contributed by atoms with Crippen molar-refractivity contribution in [1.82, 2.24) is 0 Å². The molecule has 0 N–H and O–H groups in total. The molecule has 0 saturated carbocycles. The maximum atomic E-state index is 2.33. The Morgan fingerprint density at radius 1 is 0.812 bits per heavy atom. The first-order valence-electron chi connectivity index (χ1n) is 6.65. The van der Waals surface area contributed by atoms with E-state index in [2.05, 4.69) is 58.0 Å². The van der Waals surface area contributed by atoms with Gasteiger partial charge in [0, 0.05) is 0 Å². The minimum Gasteiger partial charge on any atom is -0.0683 e. The Morgan fingerprint density at radius 3 is 1.62 bits per heavy atom. The van der Waals surface area contributed by atoms with Gasteiger partial charge in [0.15, 0.2) is 0 Å². The monoisotopic (exact) mass is 220 g/mol. The lowest BCUT2D eigenvalue weighted by atomic mass is 9.81. The Morgan fingerprint density at radius 2 is 1.25 bits per heavy atom. The van der Waals surface area contributed by atoms with Gasteiger partial charge in [-0.25, -0.2) is 0 Å². The van der Waals surface area contributed by atoms with Crippen molar-refractivity contribution in [3.63, 3.8) is 0 Å². The molecular formula is C16H28. The van der Waals surface area contributed by atoms with Gasteiger partial charge in [0.05, 0.1) is 0 Å². The van der Waals surface area contributed by atoms with E-state index in [9.17, 15) is 0 Å². The Hall–Kier alpha value is -0.780. The van der Waals surface area contributed by atoms with Crippen molar-refractivity contribution in [3.8, 4) is 0 Å². The third-order valence-corrected chi connectivity index (χ3v) is 3.03. The maximum absolute atomic E-state index is 2.33. The zero-order chi connectivity index (χ0) is 12.6. The van der Waals surface area contributed by atoms with Crippen molar-refractivity contribution in [2.24, 2.45) is 17.8 Å². The predicted octanol–water partition coefficient (Wildman–Crippen LogP) is 5.18. The molecule has 0 aliphatic heterocycles. The van der Waals surface area contributed by atoms with Gasteiger partial charge < -0.3 is 0 Å².